The van der Waals surface area contributed by atoms with Crippen molar-refractivity contribution in [3.05, 3.63) is 32.6 Å². The molecule has 0 saturated heterocycles. The fourth-order valence-electron chi connectivity index (χ4n) is 2.34. The smallest absolute Gasteiger partial charge is 0.330 e. The molecule has 0 unspecified atom stereocenters. The summed E-state index contributed by atoms with van der Waals surface area (Å²) < 4.78 is 12.4. The van der Waals surface area contributed by atoms with Crippen molar-refractivity contribution in [1.29, 1.82) is 0 Å². The monoisotopic (exact) mass is 354 g/mol. The lowest BCUT2D eigenvalue weighted by Crippen LogP contribution is -2.40. The second kappa shape index (κ2) is 10.5. The number of nitrogens with zero attached hydrogens (tertiary/aromatic N) is 2. The Labute approximate surface area is 146 Å². The molecule has 1 rings (SSSR count). The molecular weight excluding hydrogens is 328 g/mol. The maximum Gasteiger partial charge on any atom is 0.330 e. The molecule has 0 aliphatic heterocycles. The van der Waals surface area contributed by atoms with Crippen LogP contribution in [0.1, 0.15) is 45.1 Å². The summed E-state index contributed by atoms with van der Waals surface area (Å²) in [5.41, 5.74) is -0.149. The van der Waals surface area contributed by atoms with E-state index in [0.717, 1.165) is 0 Å². The molecule has 1 aromatic heterocycles. The van der Waals surface area contributed by atoms with Crippen molar-refractivity contribution in [2.75, 3.05) is 13.2 Å². The Morgan fingerprint density at radius 2 is 1.44 bits per heavy atom. The maximum absolute atomic E-state index is 12.4. The van der Waals surface area contributed by atoms with E-state index < -0.39 is 0 Å². The van der Waals surface area contributed by atoms with Gasteiger partial charge in [0.15, 0.2) is 0 Å². The molecule has 0 spiro atoms. The standard InChI is InChI=1S/C17H26N2O6/c1-13-12-18(8-4-6-10-24-14(2)20)17(23)19(16(13)22)9-5-7-11-25-15(3)21/h12H,4-11H2,1-3H3. The third-order valence-electron chi connectivity index (χ3n) is 3.59. The number of esters is 2. The van der Waals surface area contributed by atoms with Gasteiger partial charge in [0.25, 0.3) is 5.56 Å². The van der Waals surface area contributed by atoms with Crippen LogP contribution in [-0.2, 0) is 32.2 Å². The molecule has 0 atom stereocenters. The Balaban J connectivity index is 2.64. The van der Waals surface area contributed by atoms with E-state index in [1.807, 2.05) is 0 Å². The molecule has 0 aliphatic rings. The van der Waals surface area contributed by atoms with Gasteiger partial charge < -0.3 is 14.0 Å². The Bertz CT molecular complexity index is 704. The number of aromatic nitrogens is 2. The Kier molecular flexibility index (Phi) is 8.66. The van der Waals surface area contributed by atoms with Crippen molar-refractivity contribution >= 4 is 11.9 Å². The van der Waals surface area contributed by atoms with Crippen LogP contribution in [0.4, 0.5) is 0 Å². The van der Waals surface area contributed by atoms with E-state index in [0.29, 0.717) is 44.4 Å². The zero-order valence-corrected chi connectivity index (χ0v) is 15.1. The van der Waals surface area contributed by atoms with Crippen LogP contribution in [0.5, 0.6) is 0 Å². The van der Waals surface area contributed by atoms with Crippen LogP contribution < -0.4 is 11.2 Å². The van der Waals surface area contributed by atoms with Gasteiger partial charge in [-0.15, -0.1) is 0 Å². The summed E-state index contributed by atoms with van der Waals surface area (Å²) in [4.78, 5) is 46.0. The molecule has 140 valence electrons. The van der Waals surface area contributed by atoms with E-state index >= 15 is 0 Å². The van der Waals surface area contributed by atoms with Crippen molar-refractivity contribution in [3.63, 3.8) is 0 Å². The van der Waals surface area contributed by atoms with Crippen molar-refractivity contribution < 1.29 is 19.1 Å². The highest BCUT2D eigenvalue weighted by Crippen LogP contribution is 1.97. The number of unbranched alkanes of at least 4 members (excludes halogenated alkanes) is 2. The predicted octanol–water partition coefficient (Wildman–Crippen LogP) is 1.01. The molecule has 1 heterocycles. The van der Waals surface area contributed by atoms with E-state index in [2.05, 4.69) is 0 Å². The number of ether oxygens (including phenoxy) is 2. The first kappa shape index (κ1) is 20.7. The summed E-state index contributed by atoms with van der Waals surface area (Å²) in [6.45, 7) is 5.70. The number of aryl methyl sites for hydroxylation is 2. The quantitative estimate of drug-likeness (QED) is 0.459. The van der Waals surface area contributed by atoms with Gasteiger partial charge in [-0.25, -0.2) is 4.79 Å². The number of hydrogen-bond donors (Lipinski definition) is 0. The Morgan fingerprint density at radius 1 is 0.920 bits per heavy atom. The third-order valence-corrected chi connectivity index (χ3v) is 3.59. The molecule has 0 N–H and O–H groups in total. The molecule has 0 fully saturated rings. The second-order valence-corrected chi connectivity index (χ2v) is 5.84. The van der Waals surface area contributed by atoms with Gasteiger partial charge in [-0.2, -0.15) is 0 Å². The van der Waals surface area contributed by atoms with E-state index in [-0.39, 0.29) is 36.3 Å². The molecule has 0 aromatic carbocycles. The molecule has 8 heteroatoms. The van der Waals surface area contributed by atoms with Gasteiger partial charge in [0, 0.05) is 38.7 Å². The van der Waals surface area contributed by atoms with Crippen LogP contribution in [0.3, 0.4) is 0 Å². The third kappa shape index (κ3) is 7.36. The van der Waals surface area contributed by atoms with Gasteiger partial charge in [-0.05, 0) is 32.6 Å². The molecule has 1 aromatic rings. The average molecular weight is 354 g/mol. The van der Waals surface area contributed by atoms with Crippen LogP contribution in [0.25, 0.3) is 0 Å². The minimum atomic E-state index is -0.351. The zero-order chi connectivity index (χ0) is 18.8. The number of hydrogen-bond acceptors (Lipinski definition) is 6. The van der Waals surface area contributed by atoms with Crippen LogP contribution in [0, 0.1) is 6.92 Å². The highest BCUT2D eigenvalue weighted by atomic mass is 16.5. The molecular formula is C17H26N2O6. The predicted molar refractivity (Wildman–Crippen MR) is 91.4 cm³/mol. The van der Waals surface area contributed by atoms with Gasteiger partial charge in [-0.1, -0.05) is 0 Å². The largest absolute Gasteiger partial charge is 0.466 e. The van der Waals surface area contributed by atoms with Crippen LogP contribution in [-0.4, -0.2) is 34.3 Å². The molecule has 0 saturated carbocycles. The summed E-state index contributed by atoms with van der Waals surface area (Å²) in [5, 5.41) is 0. The van der Waals surface area contributed by atoms with E-state index in [4.69, 9.17) is 9.47 Å². The maximum atomic E-state index is 12.4. The topological polar surface area (TPSA) is 96.6 Å². The number of carbonyl (C=O) groups excluding carboxylic acids is 2. The van der Waals surface area contributed by atoms with Gasteiger partial charge in [-0.3, -0.25) is 19.0 Å². The first-order valence-corrected chi connectivity index (χ1v) is 8.40. The fourth-order valence-corrected chi connectivity index (χ4v) is 2.34. The second-order valence-electron chi connectivity index (χ2n) is 5.84. The van der Waals surface area contributed by atoms with Crippen LogP contribution in [0.15, 0.2) is 15.8 Å². The first-order chi connectivity index (χ1) is 11.8. The van der Waals surface area contributed by atoms with Crippen LogP contribution in [0.2, 0.25) is 0 Å². The van der Waals surface area contributed by atoms with Gasteiger partial charge in [0.2, 0.25) is 0 Å². The summed E-state index contributed by atoms with van der Waals surface area (Å²) >= 11 is 0. The number of carbonyl (C=O) groups is 2. The van der Waals surface area contributed by atoms with E-state index in [9.17, 15) is 19.2 Å². The summed E-state index contributed by atoms with van der Waals surface area (Å²) in [5.74, 6) is -0.667. The van der Waals surface area contributed by atoms with Crippen molar-refractivity contribution in [3.8, 4) is 0 Å². The number of rotatable bonds is 10. The van der Waals surface area contributed by atoms with Gasteiger partial charge in [0.1, 0.15) is 0 Å². The molecule has 25 heavy (non-hydrogen) atoms. The molecule has 0 bridgehead atoms. The fraction of sp³-hybridized carbons (Fsp3) is 0.647. The first-order valence-electron chi connectivity index (χ1n) is 8.40. The van der Waals surface area contributed by atoms with E-state index in [1.165, 1.54) is 23.0 Å². The summed E-state index contributed by atoms with van der Waals surface area (Å²) in [6, 6.07) is 0. The van der Waals surface area contributed by atoms with E-state index in [1.54, 1.807) is 13.1 Å². The lowest BCUT2D eigenvalue weighted by molar-refractivity contribution is -0.142. The summed E-state index contributed by atoms with van der Waals surface area (Å²) in [7, 11) is 0. The molecule has 0 amide bonds. The normalized spacial score (nSPS) is 10.5. The molecule has 0 radical (unpaired) electrons. The lowest BCUT2D eigenvalue weighted by atomic mass is 10.3. The van der Waals surface area contributed by atoms with Gasteiger partial charge in [0.05, 0.1) is 13.2 Å². The Hall–Kier alpha value is -2.38. The minimum Gasteiger partial charge on any atom is -0.466 e. The SMILES string of the molecule is CC(=O)OCCCCn1cc(C)c(=O)n(CCCCOC(C)=O)c1=O. The highest BCUT2D eigenvalue weighted by Gasteiger charge is 2.09. The molecule has 0 aliphatic carbocycles. The highest BCUT2D eigenvalue weighted by molar-refractivity contribution is 5.66. The van der Waals surface area contributed by atoms with Crippen molar-refractivity contribution in [2.45, 2.75) is 59.5 Å². The Morgan fingerprint density at radius 3 is 1.96 bits per heavy atom. The minimum absolute atomic E-state index is 0.278. The van der Waals surface area contributed by atoms with Crippen LogP contribution >= 0.6 is 0 Å². The van der Waals surface area contributed by atoms with Crippen molar-refractivity contribution in [1.82, 2.24) is 9.13 Å². The summed E-state index contributed by atoms with van der Waals surface area (Å²) in [6.07, 6.45) is 4.02. The zero-order valence-electron chi connectivity index (χ0n) is 15.1. The van der Waals surface area contributed by atoms with Gasteiger partial charge >= 0.3 is 17.6 Å². The lowest BCUT2D eigenvalue weighted by Gasteiger charge is -2.12. The van der Waals surface area contributed by atoms with Crippen molar-refractivity contribution in [2.24, 2.45) is 0 Å². The average Bonchev–Trinajstić information content (AvgIpc) is 2.53. The molecule has 8 nitrogen and oxygen atoms in total.